The maximum absolute atomic E-state index is 12.8. The van der Waals surface area contributed by atoms with E-state index < -0.39 is 29.5 Å². The minimum absolute atomic E-state index is 0.193. The Bertz CT molecular complexity index is 968. The predicted molar refractivity (Wildman–Crippen MR) is 118 cm³/mol. The third-order valence-electron chi connectivity index (χ3n) is 5.08. The summed E-state index contributed by atoms with van der Waals surface area (Å²) in [4.78, 5) is 27.0. The summed E-state index contributed by atoms with van der Waals surface area (Å²) in [6.07, 6.45) is 0.472. The van der Waals surface area contributed by atoms with Crippen LogP contribution in [0.2, 0.25) is 0 Å². The summed E-state index contributed by atoms with van der Waals surface area (Å²) in [5, 5.41) is 13.2. The van der Waals surface area contributed by atoms with E-state index in [-0.39, 0.29) is 12.6 Å². The summed E-state index contributed by atoms with van der Waals surface area (Å²) in [6, 6.07) is 4.66. The number of nitrogens with zero attached hydrogens (tertiary/aromatic N) is 3. The Kier molecular flexibility index (Phi) is 6.45. The van der Waals surface area contributed by atoms with Crippen molar-refractivity contribution in [2.45, 2.75) is 71.9 Å². The van der Waals surface area contributed by atoms with Crippen LogP contribution in [0.3, 0.4) is 0 Å². The van der Waals surface area contributed by atoms with Gasteiger partial charge in [-0.25, -0.2) is 9.59 Å². The van der Waals surface area contributed by atoms with Crippen LogP contribution in [-0.2, 0) is 9.47 Å². The van der Waals surface area contributed by atoms with E-state index >= 15 is 0 Å². The van der Waals surface area contributed by atoms with E-state index in [0.717, 1.165) is 5.56 Å². The lowest BCUT2D eigenvalue weighted by Crippen LogP contribution is -2.53. The summed E-state index contributed by atoms with van der Waals surface area (Å²) >= 11 is 0. The fourth-order valence-corrected chi connectivity index (χ4v) is 3.68. The van der Waals surface area contributed by atoms with Gasteiger partial charge in [-0.1, -0.05) is 6.07 Å². The number of hydrogen-bond acceptors (Lipinski definition) is 7. The maximum atomic E-state index is 12.8. The molecule has 2 heterocycles. The largest absolute Gasteiger partial charge is 0.444 e. The van der Waals surface area contributed by atoms with Crippen molar-refractivity contribution in [3.8, 4) is 11.5 Å². The number of aryl methyl sites for hydroxylation is 1. The number of urea groups is 1. The first-order chi connectivity index (χ1) is 14.9. The zero-order valence-electron chi connectivity index (χ0n) is 19.6. The lowest BCUT2D eigenvalue weighted by molar-refractivity contribution is -0.0756. The van der Waals surface area contributed by atoms with Crippen LogP contribution in [-0.4, -0.2) is 57.2 Å². The topological polar surface area (TPSA) is 119 Å². The molecule has 174 valence electrons. The van der Waals surface area contributed by atoms with Gasteiger partial charge >= 0.3 is 12.1 Å². The molecule has 0 radical (unpaired) electrons. The van der Waals surface area contributed by atoms with E-state index in [4.69, 9.17) is 13.9 Å². The van der Waals surface area contributed by atoms with Crippen molar-refractivity contribution >= 4 is 17.8 Å². The molecule has 10 heteroatoms. The summed E-state index contributed by atoms with van der Waals surface area (Å²) in [6.45, 7) is 13.0. The van der Waals surface area contributed by atoms with Gasteiger partial charge in [-0.05, 0) is 66.2 Å². The monoisotopic (exact) mass is 445 g/mol. The van der Waals surface area contributed by atoms with Gasteiger partial charge in [0.15, 0.2) is 0 Å². The van der Waals surface area contributed by atoms with Crippen LogP contribution in [0.1, 0.15) is 47.1 Å². The number of ether oxygens (including phenoxy) is 2. The number of rotatable bonds is 4. The van der Waals surface area contributed by atoms with Crippen LogP contribution in [0.25, 0.3) is 11.5 Å². The Morgan fingerprint density at radius 1 is 1.28 bits per heavy atom. The number of aromatic nitrogens is 2. The minimum Gasteiger partial charge on any atom is -0.444 e. The van der Waals surface area contributed by atoms with Gasteiger partial charge in [-0.3, -0.25) is 4.90 Å². The van der Waals surface area contributed by atoms with Crippen LogP contribution < -0.4 is 10.6 Å². The molecule has 0 saturated carbocycles. The average Bonchev–Trinajstić information content (AvgIpc) is 3.26. The molecule has 32 heavy (non-hydrogen) atoms. The smallest absolute Gasteiger partial charge is 0.412 e. The van der Waals surface area contributed by atoms with E-state index in [1.807, 2.05) is 46.8 Å². The minimum atomic E-state index is -0.862. The molecule has 2 aromatic rings. The molecule has 0 bridgehead atoms. The molecule has 3 rings (SSSR count). The van der Waals surface area contributed by atoms with Gasteiger partial charge in [-0.15, -0.1) is 10.2 Å². The first-order valence-corrected chi connectivity index (χ1v) is 10.5. The van der Waals surface area contributed by atoms with E-state index in [2.05, 4.69) is 20.8 Å². The number of anilines is 1. The van der Waals surface area contributed by atoms with Crippen molar-refractivity contribution in [2.24, 2.45) is 0 Å². The highest BCUT2D eigenvalue weighted by molar-refractivity contribution is 5.91. The molecule has 2 N–H and O–H groups in total. The standard InChI is InChI=1S/C22H31N5O5/c1-13-8-9-15(18-26-24-12-30-18)10-16(13)25-19(28)23-11-17-14(2)31-22(6,7)27(17)20(29)32-21(3,4)5/h8-10,12,14,17H,11H2,1-7H3,(H2,23,25,28)/t14-,17+/m0/s1. The van der Waals surface area contributed by atoms with Crippen molar-refractivity contribution in [1.29, 1.82) is 0 Å². The highest BCUT2D eigenvalue weighted by Gasteiger charge is 2.49. The third-order valence-corrected chi connectivity index (χ3v) is 5.08. The van der Waals surface area contributed by atoms with Crippen LogP contribution in [0.5, 0.6) is 0 Å². The number of hydrogen-bond donors (Lipinski definition) is 2. The van der Waals surface area contributed by atoms with Crippen LogP contribution in [0, 0.1) is 6.92 Å². The van der Waals surface area contributed by atoms with Gasteiger partial charge in [0.25, 0.3) is 0 Å². The highest BCUT2D eigenvalue weighted by Crippen LogP contribution is 2.33. The number of carbonyl (C=O) groups excluding carboxylic acids is 2. The van der Waals surface area contributed by atoms with Gasteiger partial charge in [0.1, 0.15) is 11.3 Å². The third kappa shape index (κ3) is 5.37. The van der Waals surface area contributed by atoms with E-state index in [0.29, 0.717) is 17.1 Å². The van der Waals surface area contributed by atoms with Crippen LogP contribution in [0.4, 0.5) is 15.3 Å². The van der Waals surface area contributed by atoms with Crippen molar-refractivity contribution in [3.05, 3.63) is 30.2 Å². The number of benzene rings is 1. The highest BCUT2D eigenvalue weighted by atomic mass is 16.6. The molecule has 0 unspecified atom stereocenters. The zero-order valence-corrected chi connectivity index (χ0v) is 19.6. The molecule has 1 aromatic heterocycles. The number of carbonyl (C=O) groups is 2. The fourth-order valence-electron chi connectivity index (χ4n) is 3.68. The second-order valence-electron chi connectivity index (χ2n) is 9.30. The summed E-state index contributed by atoms with van der Waals surface area (Å²) < 4.78 is 16.7. The first-order valence-electron chi connectivity index (χ1n) is 10.5. The van der Waals surface area contributed by atoms with E-state index in [1.54, 1.807) is 24.8 Å². The molecule has 3 amide bonds. The second kappa shape index (κ2) is 8.78. The molecular weight excluding hydrogens is 414 g/mol. The zero-order chi connectivity index (χ0) is 23.7. The van der Waals surface area contributed by atoms with Crippen molar-refractivity contribution in [3.63, 3.8) is 0 Å². The molecule has 1 fully saturated rings. The summed E-state index contributed by atoms with van der Waals surface area (Å²) in [7, 11) is 0. The lowest BCUT2D eigenvalue weighted by atomic mass is 10.1. The Balaban J connectivity index is 1.68. The normalized spacial score (nSPS) is 20.2. The Labute approximate surface area is 187 Å². The number of amides is 3. The fraction of sp³-hybridized carbons (Fsp3) is 0.545. The lowest BCUT2D eigenvalue weighted by Gasteiger charge is -2.35. The van der Waals surface area contributed by atoms with Crippen molar-refractivity contribution in [1.82, 2.24) is 20.4 Å². The molecule has 10 nitrogen and oxygen atoms in total. The summed E-state index contributed by atoms with van der Waals surface area (Å²) in [5.74, 6) is 0.362. The van der Waals surface area contributed by atoms with Crippen molar-refractivity contribution < 1.29 is 23.5 Å². The Morgan fingerprint density at radius 2 is 2.00 bits per heavy atom. The molecule has 0 aliphatic carbocycles. The second-order valence-corrected chi connectivity index (χ2v) is 9.30. The van der Waals surface area contributed by atoms with E-state index in [9.17, 15) is 9.59 Å². The molecule has 0 spiro atoms. The Hall–Kier alpha value is -3.14. The maximum Gasteiger partial charge on any atom is 0.412 e. The Morgan fingerprint density at radius 3 is 2.62 bits per heavy atom. The molecule has 1 aliphatic rings. The molecular formula is C22H31N5O5. The van der Waals surface area contributed by atoms with Crippen LogP contribution >= 0.6 is 0 Å². The SMILES string of the molecule is Cc1ccc(-c2nnco2)cc1NC(=O)NC[C@@H]1[C@H](C)OC(C)(C)N1C(=O)OC(C)(C)C. The molecule has 1 saturated heterocycles. The van der Waals surface area contributed by atoms with Crippen LogP contribution in [0.15, 0.2) is 29.0 Å². The average molecular weight is 446 g/mol. The number of nitrogens with one attached hydrogen (secondary N) is 2. The van der Waals surface area contributed by atoms with Crippen molar-refractivity contribution in [2.75, 3.05) is 11.9 Å². The van der Waals surface area contributed by atoms with E-state index in [1.165, 1.54) is 6.39 Å². The first kappa shape index (κ1) is 23.5. The van der Waals surface area contributed by atoms with Gasteiger partial charge in [0, 0.05) is 17.8 Å². The van der Waals surface area contributed by atoms with Gasteiger partial charge in [-0.2, -0.15) is 0 Å². The van der Waals surface area contributed by atoms with Gasteiger partial charge < -0.3 is 24.5 Å². The molecule has 2 atom stereocenters. The summed E-state index contributed by atoms with van der Waals surface area (Å²) in [5.41, 5.74) is 0.671. The van der Waals surface area contributed by atoms with Gasteiger partial charge in [0.2, 0.25) is 12.3 Å². The quantitative estimate of drug-likeness (QED) is 0.732. The van der Waals surface area contributed by atoms with Gasteiger partial charge in [0.05, 0.1) is 12.1 Å². The predicted octanol–water partition coefficient (Wildman–Crippen LogP) is 3.93. The molecule has 1 aliphatic heterocycles. The molecule has 1 aromatic carbocycles.